The lowest BCUT2D eigenvalue weighted by atomic mass is 10.3. The number of nitrogens with zero attached hydrogens (tertiary/aromatic N) is 2. The van der Waals surface area contributed by atoms with Crippen molar-refractivity contribution in [1.82, 2.24) is 9.97 Å². The molecule has 2 rings (SSSR count). The van der Waals surface area contributed by atoms with Gasteiger partial charge in [-0.1, -0.05) is 34.5 Å². The standard InChI is InChI=1S/C10H9Cl2N3O2S2/c1-5-3-7(4-13-8(5)11)15-19(16,17)9-6(2)14-10(12)18-9/h3-4,15H,1-2H3. The summed E-state index contributed by atoms with van der Waals surface area (Å²) in [5, 5.41) is 0.333. The van der Waals surface area contributed by atoms with Gasteiger partial charge in [-0.3, -0.25) is 4.72 Å². The summed E-state index contributed by atoms with van der Waals surface area (Å²) in [4.78, 5) is 7.76. The van der Waals surface area contributed by atoms with Gasteiger partial charge in [-0.05, 0) is 25.5 Å². The van der Waals surface area contributed by atoms with Crippen LogP contribution in [0.25, 0.3) is 0 Å². The molecule has 0 aliphatic heterocycles. The van der Waals surface area contributed by atoms with E-state index in [1.807, 2.05) is 0 Å². The summed E-state index contributed by atoms with van der Waals surface area (Å²) in [5.41, 5.74) is 1.38. The summed E-state index contributed by atoms with van der Waals surface area (Å²) < 4.78 is 27.0. The van der Waals surface area contributed by atoms with Crippen molar-refractivity contribution in [1.29, 1.82) is 0 Å². The Bertz CT molecular complexity index is 728. The Morgan fingerprint density at radius 2 is 2.00 bits per heavy atom. The molecule has 102 valence electrons. The summed E-state index contributed by atoms with van der Waals surface area (Å²) in [6.07, 6.45) is 1.35. The van der Waals surface area contributed by atoms with Crippen LogP contribution in [0.15, 0.2) is 16.5 Å². The second-order valence-electron chi connectivity index (χ2n) is 3.78. The first-order chi connectivity index (χ1) is 8.79. The molecule has 2 aromatic heterocycles. The maximum Gasteiger partial charge on any atom is 0.273 e. The van der Waals surface area contributed by atoms with E-state index in [2.05, 4.69) is 14.7 Å². The summed E-state index contributed by atoms with van der Waals surface area (Å²) in [6.45, 7) is 3.32. The SMILES string of the molecule is Cc1cc(NS(=O)(=O)c2sc(Cl)nc2C)cnc1Cl. The Labute approximate surface area is 124 Å². The number of aryl methyl sites for hydroxylation is 2. The average Bonchev–Trinajstić information content (AvgIpc) is 2.63. The first kappa shape index (κ1) is 14.5. The van der Waals surface area contributed by atoms with Crippen molar-refractivity contribution in [3.05, 3.63) is 33.1 Å². The van der Waals surface area contributed by atoms with Gasteiger partial charge in [-0.2, -0.15) is 0 Å². The Balaban J connectivity index is 2.36. The maximum absolute atomic E-state index is 12.2. The quantitative estimate of drug-likeness (QED) is 0.872. The predicted molar refractivity (Wildman–Crippen MR) is 76.7 cm³/mol. The molecule has 0 aliphatic carbocycles. The highest BCUT2D eigenvalue weighted by Gasteiger charge is 2.21. The monoisotopic (exact) mass is 337 g/mol. The lowest BCUT2D eigenvalue weighted by molar-refractivity contribution is 0.602. The van der Waals surface area contributed by atoms with Gasteiger partial charge in [0.15, 0.2) is 8.68 Å². The number of hydrogen-bond acceptors (Lipinski definition) is 5. The van der Waals surface area contributed by atoms with Crippen molar-refractivity contribution >= 4 is 50.2 Å². The zero-order chi connectivity index (χ0) is 14.2. The van der Waals surface area contributed by atoms with Crippen molar-refractivity contribution in [3.8, 4) is 0 Å². The van der Waals surface area contributed by atoms with Crippen molar-refractivity contribution in [2.75, 3.05) is 4.72 Å². The Hall–Kier alpha value is -0.890. The minimum Gasteiger partial charge on any atom is -0.277 e. The fourth-order valence-corrected chi connectivity index (χ4v) is 4.29. The van der Waals surface area contributed by atoms with Crippen LogP contribution in [-0.2, 0) is 10.0 Å². The first-order valence-corrected chi connectivity index (χ1v) is 8.13. The van der Waals surface area contributed by atoms with E-state index in [0.717, 1.165) is 11.3 Å². The number of hydrogen-bond donors (Lipinski definition) is 1. The third-order valence-corrected chi connectivity index (χ3v) is 5.89. The number of anilines is 1. The number of pyridine rings is 1. The van der Waals surface area contributed by atoms with Crippen LogP contribution in [-0.4, -0.2) is 18.4 Å². The molecule has 0 amide bonds. The lowest BCUT2D eigenvalue weighted by Gasteiger charge is -2.07. The van der Waals surface area contributed by atoms with Gasteiger partial charge in [0.05, 0.1) is 17.6 Å². The molecule has 0 radical (unpaired) electrons. The predicted octanol–water partition coefficient (Wildman–Crippen LogP) is 3.26. The molecule has 0 aromatic carbocycles. The van der Waals surface area contributed by atoms with Crippen LogP contribution in [0.3, 0.4) is 0 Å². The van der Waals surface area contributed by atoms with Crippen LogP contribution in [0.2, 0.25) is 9.62 Å². The zero-order valence-electron chi connectivity index (χ0n) is 9.94. The van der Waals surface area contributed by atoms with Crippen molar-refractivity contribution in [3.63, 3.8) is 0 Å². The van der Waals surface area contributed by atoms with Crippen LogP contribution in [0.5, 0.6) is 0 Å². The number of aromatic nitrogens is 2. The molecule has 0 spiro atoms. The van der Waals surface area contributed by atoms with Crippen molar-refractivity contribution in [2.24, 2.45) is 0 Å². The normalized spacial score (nSPS) is 11.6. The van der Waals surface area contributed by atoms with E-state index in [1.165, 1.54) is 6.20 Å². The maximum atomic E-state index is 12.2. The van der Waals surface area contributed by atoms with Crippen LogP contribution in [0.4, 0.5) is 5.69 Å². The first-order valence-electron chi connectivity index (χ1n) is 5.07. The largest absolute Gasteiger partial charge is 0.277 e. The van der Waals surface area contributed by atoms with Gasteiger partial charge in [0.2, 0.25) is 0 Å². The average molecular weight is 338 g/mol. The molecule has 1 N–H and O–H groups in total. The van der Waals surface area contributed by atoms with Gasteiger partial charge in [0, 0.05) is 0 Å². The van der Waals surface area contributed by atoms with E-state index in [4.69, 9.17) is 23.2 Å². The highest BCUT2D eigenvalue weighted by atomic mass is 35.5. The molecule has 0 saturated heterocycles. The molecule has 2 aromatic rings. The smallest absolute Gasteiger partial charge is 0.273 e. The Kier molecular flexibility index (Phi) is 4.00. The highest BCUT2D eigenvalue weighted by molar-refractivity contribution is 7.94. The van der Waals surface area contributed by atoms with E-state index >= 15 is 0 Å². The molecule has 0 unspecified atom stereocenters. The van der Waals surface area contributed by atoms with Gasteiger partial charge in [-0.25, -0.2) is 18.4 Å². The highest BCUT2D eigenvalue weighted by Crippen LogP contribution is 2.28. The second kappa shape index (κ2) is 5.24. The Morgan fingerprint density at radius 3 is 2.53 bits per heavy atom. The molecule has 0 saturated carbocycles. The molecular formula is C10H9Cl2N3O2S2. The summed E-state index contributed by atoms with van der Waals surface area (Å²) >= 11 is 12.4. The molecule has 9 heteroatoms. The van der Waals surface area contributed by atoms with E-state index in [9.17, 15) is 8.42 Å². The zero-order valence-corrected chi connectivity index (χ0v) is 13.1. The van der Waals surface area contributed by atoms with Crippen molar-refractivity contribution < 1.29 is 8.42 Å². The van der Waals surface area contributed by atoms with Gasteiger partial charge in [0.25, 0.3) is 10.0 Å². The fraction of sp³-hybridized carbons (Fsp3) is 0.200. The van der Waals surface area contributed by atoms with Gasteiger partial charge < -0.3 is 0 Å². The van der Waals surface area contributed by atoms with E-state index in [0.29, 0.717) is 22.1 Å². The summed E-state index contributed by atoms with van der Waals surface area (Å²) in [6, 6.07) is 1.60. The van der Waals surface area contributed by atoms with Crippen LogP contribution >= 0.6 is 34.5 Å². The van der Waals surface area contributed by atoms with E-state index in [1.54, 1.807) is 19.9 Å². The number of sulfonamides is 1. The molecule has 2 heterocycles. The van der Waals surface area contributed by atoms with Gasteiger partial charge in [0.1, 0.15) is 5.15 Å². The molecule has 0 bridgehead atoms. The van der Waals surface area contributed by atoms with Gasteiger partial charge >= 0.3 is 0 Å². The summed E-state index contributed by atoms with van der Waals surface area (Å²) in [5.74, 6) is 0. The minimum atomic E-state index is -3.71. The molecule has 0 fully saturated rings. The Morgan fingerprint density at radius 1 is 1.32 bits per heavy atom. The second-order valence-corrected chi connectivity index (χ2v) is 7.59. The molecular weight excluding hydrogens is 329 g/mol. The van der Waals surface area contributed by atoms with E-state index < -0.39 is 10.0 Å². The minimum absolute atomic E-state index is 0.0881. The molecule has 5 nitrogen and oxygen atoms in total. The molecule has 0 aliphatic rings. The lowest BCUT2D eigenvalue weighted by Crippen LogP contribution is -2.13. The van der Waals surface area contributed by atoms with Crippen LogP contribution in [0.1, 0.15) is 11.3 Å². The molecule has 19 heavy (non-hydrogen) atoms. The molecule has 0 atom stereocenters. The number of thiazole rings is 1. The van der Waals surface area contributed by atoms with Crippen LogP contribution < -0.4 is 4.72 Å². The van der Waals surface area contributed by atoms with Crippen LogP contribution in [0, 0.1) is 13.8 Å². The third kappa shape index (κ3) is 3.17. The number of halogens is 2. The summed E-state index contributed by atoms with van der Waals surface area (Å²) in [7, 11) is -3.71. The topological polar surface area (TPSA) is 72.0 Å². The number of rotatable bonds is 3. The van der Waals surface area contributed by atoms with Crippen molar-refractivity contribution in [2.45, 2.75) is 18.1 Å². The third-order valence-electron chi connectivity index (χ3n) is 2.24. The number of nitrogens with one attached hydrogen (secondary N) is 1. The van der Waals surface area contributed by atoms with Gasteiger partial charge in [-0.15, -0.1) is 0 Å². The van der Waals surface area contributed by atoms with E-state index in [-0.39, 0.29) is 8.68 Å². The fourth-order valence-electron chi connectivity index (χ4n) is 1.42.